The smallest absolute Gasteiger partial charge is 0.221 e. The van der Waals surface area contributed by atoms with Crippen LogP contribution in [0.4, 0.5) is 5.69 Å². The van der Waals surface area contributed by atoms with Crippen LogP contribution in [0, 0.1) is 12.3 Å². The summed E-state index contributed by atoms with van der Waals surface area (Å²) in [4.78, 5) is 16.7. The van der Waals surface area contributed by atoms with Gasteiger partial charge in [0.1, 0.15) is 0 Å². The molecule has 1 unspecified atom stereocenters. The molecular formula is C20H33N3O2. The van der Waals surface area contributed by atoms with Gasteiger partial charge in [0.15, 0.2) is 0 Å². The first-order chi connectivity index (χ1) is 11.8. The van der Waals surface area contributed by atoms with Gasteiger partial charge in [-0.25, -0.2) is 0 Å². The molecule has 5 nitrogen and oxygen atoms in total. The van der Waals surface area contributed by atoms with Crippen molar-refractivity contribution in [1.82, 2.24) is 10.2 Å². The molecule has 140 valence electrons. The molecule has 2 rings (SSSR count). The first-order valence-electron chi connectivity index (χ1n) is 9.24. The molecular weight excluding hydrogens is 314 g/mol. The van der Waals surface area contributed by atoms with Gasteiger partial charge in [0.25, 0.3) is 0 Å². The minimum atomic E-state index is -0.519. The zero-order chi connectivity index (χ0) is 18.4. The Balaban J connectivity index is 1.67. The monoisotopic (exact) mass is 347 g/mol. The Hall–Kier alpha value is -1.59. The number of aryl methyl sites for hydroxylation is 1. The number of anilines is 1. The second kappa shape index (κ2) is 8.68. The van der Waals surface area contributed by atoms with E-state index in [1.54, 1.807) is 0 Å². The van der Waals surface area contributed by atoms with E-state index in [4.69, 9.17) is 0 Å². The number of amides is 1. The summed E-state index contributed by atoms with van der Waals surface area (Å²) in [6, 6.07) is 8.61. The van der Waals surface area contributed by atoms with Crippen molar-refractivity contribution in [2.45, 2.75) is 40.2 Å². The van der Waals surface area contributed by atoms with Crippen LogP contribution in [-0.2, 0) is 4.79 Å². The number of hydrogen-bond donors (Lipinski definition) is 2. The SMILES string of the molecule is Cc1cccc(N2CCN(CCC(=O)NCC(O)C(C)(C)C)CC2)c1. The van der Waals surface area contributed by atoms with Gasteiger partial charge in [-0.1, -0.05) is 32.9 Å². The molecule has 0 saturated carbocycles. The van der Waals surface area contributed by atoms with Gasteiger partial charge in [-0.15, -0.1) is 0 Å². The number of aliphatic hydroxyl groups excluding tert-OH is 1. The van der Waals surface area contributed by atoms with E-state index in [9.17, 15) is 9.90 Å². The number of piperazine rings is 1. The molecule has 1 amide bonds. The van der Waals surface area contributed by atoms with Crippen LogP contribution in [0.5, 0.6) is 0 Å². The third-order valence-corrected chi connectivity index (χ3v) is 4.89. The lowest BCUT2D eigenvalue weighted by molar-refractivity contribution is -0.122. The molecule has 1 fully saturated rings. The van der Waals surface area contributed by atoms with Gasteiger partial charge in [0, 0.05) is 51.4 Å². The molecule has 1 aliphatic rings. The molecule has 0 spiro atoms. The van der Waals surface area contributed by atoms with Crippen molar-refractivity contribution in [2.24, 2.45) is 5.41 Å². The quantitative estimate of drug-likeness (QED) is 0.827. The molecule has 1 aromatic rings. The number of aliphatic hydroxyl groups is 1. The summed E-state index contributed by atoms with van der Waals surface area (Å²) >= 11 is 0. The zero-order valence-corrected chi connectivity index (χ0v) is 16.1. The predicted molar refractivity (Wildman–Crippen MR) is 103 cm³/mol. The van der Waals surface area contributed by atoms with Gasteiger partial charge in [0.2, 0.25) is 5.91 Å². The van der Waals surface area contributed by atoms with Crippen LogP contribution in [0.2, 0.25) is 0 Å². The van der Waals surface area contributed by atoms with Crippen LogP contribution in [0.25, 0.3) is 0 Å². The molecule has 25 heavy (non-hydrogen) atoms. The zero-order valence-electron chi connectivity index (χ0n) is 16.1. The Morgan fingerprint density at radius 3 is 2.52 bits per heavy atom. The topological polar surface area (TPSA) is 55.8 Å². The summed E-state index contributed by atoms with van der Waals surface area (Å²) < 4.78 is 0. The van der Waals surface area contributed by atoms with Crippen LogP contribution in [-0.4, -0.2) is 61.3 Å². The van der Waals surface area contributed by atoms with Crippen molar-refractivity contribution in [3.63, 3.8) is 0 Å². The van der Waals surface area contributed by atoms with Gasteiger partial charge in [-0.05, 0) is 30.0 Å². The number of nitrogens with zero attached hydrogens (tertiary/aromatic N) is 2. The maximum atomic E-state index is 12.0. The molecule has 1 heterocycles. The molecule has 0 aromatic heterocycles. The van der Waals surface area contributed by atoms with E-state index in [2.05, 4.69) is 46.3 Å². The van der Waals surface area contributed by atoms with Crippen LogP contribution in [0.3, 0.4) is 0 Å². The molecule has 2 N–H and O–H groups in total. The van der Waals surface area contributed by atoms with Crippen LogP contribution in [0.15, 0.2) is 24.3 Å². The second-order valence-electron chi connectivity index (χ2n) is 8.10. The molecule has 1 aromatic carbocycles. The fourth-order valence-corrected chi connectivity index (χ4v) is 2.92. The van der Waals surface area contributed by atoms with Crippen LogP contribution in [0.1, 0.15) is 32.8 Å². The van der Waals surface area contributed by atoms with Crippen molar-refractivity contribution in [1.29, 1.82) is 0 Å². The minimum Gasteiger partial charge on any atom is -0.391 e. The van der Waals surface area contributed by atoms with E-state index in [1.807, 2.05) is 20.8 Å². The summed E-state index contributed by atoms with van der Waals surface area (Å²) in [5.41, 5.74) is 2.36. The van der Waals surface area contributed by atoms with Crippen LogP contribution >= 0.6 is 0 Å². The first-order valence-corrected chi connectivity index (χ1v) is 9.24. The van der Waals surface area contributed by atoms with Gasteiger partial charge >= 0.3 is 0 Å². The second-order valence-corrected chi connectivity index (χ2v) is 8.10. The number of carbonyl (C=O) groups excluding carboxylic acids is 1. The molecule has 0 radical (unpaired) electrons. The highest BCUT2D eigenvalue weighted by atomic mass is 16.3. The lowest BCUT2D eigenvalue weighted by Gasteiger charge is -2.36. The fraction of sp³-hybridized carbons (Fsp3) is 0.650. The third kappa shape index (κ3) is 6.33. The molecule has 5 heteroatoms. The maximum Gasteiger partial charge on any atom is 0.221 e. The Morgan fingerprint density at radius 2 is 1.92 bits per heavy atom. The number of rotatable bonds is 6. The Morgan fingerprint density at radius 1 is 1.24 bits per heavy atom. The standard InChI is InChI=1S/C20H33N3O2/c1-16-6-5-7-17(14-16)23-12-10-22(11-13-23)9-8-19(25)21-15-18(24)20(2,3)4/h5-7,14,18,24H,8-13,15H2,1-4H3,(H,21,25). The van der Waals surface area contributed by atoms with Gasteiger partial charge in [-0.2, -0.15) is 0 Å². The Labute approximate surface area is 152 Å². The van der Waals surface area contributed by atoms with Crippen molar-refractivity contribution in [2.75, 3.05) is 44.2 Å². The number of nitrogens with one attached hydrogen (secondary N) is 1. The summed E-state index contributed by atoms with van der Waals surface area (Å²) in [5, 5.41) is 12.8. The lowest BCUT2D eigenvalue weighted by Crippen LogP contribution is -2.47. The average Bonchev–Trinajstić information content (AvgIpc) is 2.57. The number of hydrogen-bond acceptors (Lipinski definition) is 4. The van der Waals surface area contributed by atoms with Crippen molar-refractivity contribution >= 4 is 11.6 Å². The Kier molecular flexibility index (Phi) is 6.85. The lowest BCUT2D eigenvalue weighted by atomic mass is 9.89. The molecule has 1 saturated heterocycles. The first kappa shape index (κ1) is 19.7. The summed E-state index contributed by atoms with van der Waals surface area (Å²) in [6.45, 7) is 13.1. The average molecular weight is 348 g/mol. The van der Waals surface area contributed by atoms with E-state index in [1.165, 1.54) is 11.3 Å². The predicted octanol–water partition coefficient (Wildman–Crippen LogP) is 2.03. The highest BCUT2D eigenvalue weighted by molar-refractivity contribution is 5.76. The summed E-state index contributed by atoms with van der Waals surface area (Å²) in [5.74, 6) is 0.0180. The number of carbonyl (C=O) groups is 1. The van der Waals surface area contributed by atoms with Gasteiger partial charge < -0.3 is 15.3 Å². The maximum absolute atomic E-state index is 12.0. The highest BCUT2D eigenvalue weighted by Gasteiger charge is 2.23. The summed E-state index contributed by atoms with van der Waals surface area (Å²) in [7, 11) is 0. The molecule has 1 aliphatic heterocycles. The minimum absolute atomic E-state index is 0.0180. The fourth-order valence-electron chi connectivity index (χ4n) is 2.92. The van der Waals surface area contributed by atoms with Crippen molar-refractivity contribution < 1.29 is 9.90 Å². The highest BCUT2D eigenvalue weighted by Crippen LogP contribution is 2.19. The van der Waals surface area contributed by atoms with Gasteiger partial charge in [0.05, 0.1) is 6.10 Å². The third-order valence-electron chi connectivity index (χ3n) is 4.89. The summed E-state index contributed by atoms with van der Waals surface area (Å²) in [6.07, 6.45) is -0.0317. The van der Waals surface area contributed by atoms with E-state index in [0.717, 1.165) is 32.7 Å². The van der Waals surface area contributed by atoms with E-state index in [-0.39, 0.29) is 11.3 Å². The van der Waals surface area contributed by atoms with Crippen molar-refractivity contribution in [3.8, 4) is 0 Å². The Bertz CT molecular complexity index is 560. The van der Waals surface area contributed by atoms with E-state index >= 15 is 0 Å². The molecule has 0 bridgehead atoms. The number of benzene rings is 1. The van der Waals surface area contributed by atoms with E-state index < -0.39 is 6.10 Å². The molecule has 1 atom stereocenters. The molecule has 0 aliphatic carbocycles. The van der Waals surface area contributed by atoms with Gasteiger partial charge in [-0.3, -0.25) is 9.69 Å². The normalized spacial score (nSPS) is 17.4. The van der Waals surface area contributed by atoms with E-state index in [0.29, 0.717) is 13.0 Å². The van der Waals surface area contributed by atoms with Crippen LogP contribution < -0.4 is 10.2 Å². The largest absolute Gasteiger partial charge is 0.391 e. The van der Waals surface area contributed by atoms with Crippen molar-refractivity contribution in [3.05, 3.63) is 29.8 Å².